The van der Waals surface area contributed by atoms with E-state index in [4.69, 9.17) is 0 Å². The Morgan fingerprint density at radius 3 is 2.82 bits per heavy atom. The molecule has 1 aliphatic rings. The molecule has 0 saturated carbocycles. The molecular weight excluding hydrogens is 248 g/mol. The van der Waals surface area contributed by atoms with E-state index in [1.54, 1.807) is 11.3 Å². The highest BCUT2D eigenvalue weighted by Gasteiger charge is 2.19. The first kappa shape index (κ1) is 13.4. The standard InChI is InChI=1S/C13H22N2S2/c1-10-15-13(9-17-10)8-12(14-2)7-11-3-5-16-6-4-11/h9,11-12,14H,3-8H2,1-2H3. The Morgan fingerprint density at radius 1 is 1.47 bits per heavy atom. The maximum absolute atomic E-state index is 4.57. The van der Waals surface area contributed by atoms with E-state index in [0.717, 1.165) is 12.3 Å². The highest BCUT2D eigenvalue weighted by molar-refractivity contribution is 7.99. The van der Waals surface area contributed by atoms with Crippen LogP contribution in [-0.4, -0.2) is 29.6 Å². The van der Waals surface area contributed by atoms with Crippen LogP contribution in [0.2, 0.25) is 0 Å². The van der Waals surface area contributed by atoms with Gasteiger partial charge in [-0.25, -0.2) is 4.98 Å². The lowest BCUT2D eigenvalue weighted by atomic mass is 9.92. The first-order valence-corrected chi connectivity index (χ1v) is 8.47. The molecule has 1 N–H and O–H groups in total. The van der Waals surface area contributed by atoms with Crippen LogP contribution in [0.25, 0.3) is 0 Å². The average Bonchev–Trinajstić information content (AvgIpc) is 2.75. The van der Waals surface area contributed by atoms with Gasteiger partial charge < -0.3 is 5.32 Å². The smallest absolute Gasteiger partial charge is 0.0897 e. The summed E-state index contributed by atoms with van der Waals surface area (Å²) in [4.78, 5) is 4.57. The van der Waals surface area contributed by atoms with Gasteiger partial charge in [0.05, 0.1) is 10.7 Å². The molecule has 0 radical (unpaired) electrons. The summed E-state index contributed by atoms with van der Waals surface area (Å²) < 4.78 is 0. The van der Waals surface area contributed by atoms with Crippen LogP contribution in [0.3, 0.4) is 0 Å². The number of nitrogens with one attached hydrogen (secondary N) is 1. The second kappa shape index (κ2) is 6.76. The lowest BCUT2D eigenvalue weighted by molar-refractivity contribution is 0.375. The van der Waals surface area contributed by atoms with Crippen molar-refractivity contribution in [3.05, 3.63) is 16.1 Å². The van der Waals surface area contributed by atoms with E-state index in [-0.39, 0.29) is 0 Å². The van der Waals surface area contributed by atoms with Crippen LogP contribution in [-0.2, 0) is 6.42 Å². The third-order valence-corrected chi connectivity index (χ3v) is 5.36. The molecule has 1 aliphatic heterocycles. The van der Waals surface area contributed by atoms with Crippen molar-refractivity contribution in [2.75, 3.05) is 18.6 Å². The van der Waals surface area contributed by atoms with E-state index in [1.165, 1.54) is 41.5 Å². The highest BCUT2D eigenvalue weighted by Crippen LogP contribution is 2.27. The molecule has 1 unspecified atom stereocenters. The molecule has 1 fully saturated rings. The van der Waals surface area contributed by atoms with Crippen LogP contribution in [0.5, 0.6) is 0 Å². The van der Waals surface area contributed by atoms with Crippen LogP contribution in [0, 0.1) is 12.8 Å². The molecule has 0 amide bonds. The highest BCUT2D eigenvalue weighted by atomic mass is 32.2. The lowest BCUT2D eigenvalue weighted by Gasteiger charge is -2.25. The molecule has 1 aromatic heterocycles. The minimum Gasteiger partial charge on any atom is -0.317 e. The third-order valence-electron chi connectivity index (χ3n) is 3.49. The van der Waals surface area contributed by atoms with Crippen molar-refractivity contribution in [3.63, 3.8) is 0 Å². The van der Waals surface area contributed by atoms with Crippen LogP contribution in [0.4, 0.5) is 0 Å². The summed E-state index contributed by atoms with van der Waals surface area (Å²) in [7, 11) is 2.08. The Morgan fingerprint density at radius 2 is 2.24 bits per heavy atom. The van der Waals surface area contributed by atoms with E-state index < -0.39 is 0 Å². The van der Waals surface area contributed by atoms with Gasteiger partial charge in [-0.1, -0.05) is 0 Å². The Kier molecular flexibility index (Phi) is 5.32. The molecule has 2 heterocycles. The predicted molar refractivity (Wildman–Crippen MR) is 78.1 cm³/mol. The molecule has 1 aromatic rings. The topological polar surface area (TPSA) is 24.9 Å². The summed E-state index contributed by atoms with van der Waals surface area (Å²) in [5, 5.41) is 6.85. The zero-order valence-corrected chi connectivity index (χ0v) is 12.4. The minimum atomic E-state index is 0.601. The number of thioether (sulfide) groups is 1. The zero-order valence-electron chi connectivity index (χ0n) is 10.7. The van der Waals surface area contributed by atoms with Gasteiger partial charge in [0.25, 0.3) is 0 Å². The largest absolute Gasteiger partial charge is 0.317 e. The number of thiazole rings is 1. The van der Waals surface area contributed by atoms with Crippen molar-refractivity contribution in [2.45, 2.75) is 38.6 Å². The van der Waals surface area contributed by atoms with Crippen molar-refractivity contribution >= 4 is 23.1 Å². The van der Waals surface area contributed by atoms with E-state index in [2.05, 4.69) is 41.4 Å². The minimum absolute atomic E-state index is 0.601. The van der Waals surface area contributed by atoms with Crippen molar-refractivity contribution in [1.82, 2.24) is 10.3 Å². The molecular formula is C13H22N2S2. The molecule has 2 rings (SSSR count). The first-order chi connectivity index (χ1) is 8.28. The molecule has 0 aromatic carbocycles. The van der Waals surface area contributed by atoms with Crippen molar-refractivity contribution < 1.29 is 0 Å². The molecule has 0 spiro atoms. The second-order valence-electron chi connectivity index (χ2n) is 4.84. The van der Waals surface area contributed by atoms with Gasteiger partial charge in [-0.15, -0.1) is 11.3 Å². The molecule has 0 bridgehead atoms. The van der Waals surface area contributed by atoms with Gasteiger partial charge in [0, 0.05) is 17.8 Å². The number of aryl methyl sites for hydroxylation is 1. The SMILES string of the molecule is CNC(Cc1csc(C)n1)CC1CCSCC1. The van der Waals surface area contributed by atoms with Gasteiger partial charge in [0.15, 0.2) is 0 Å². The van der Waals surface area contributed by atoms with Crippen LogP contribution < -0.4 is 5.32 Å². The summed E-state index contributed by atoms with van der Waals surface area (Å²) in [6.45, 7) is 2.08. The molecule has 1 saturated heterocycles. The van der Waals surface area contributed by atoms with Gasteiger partial charge in [-0.3, -0.25) is 0 Å². The maximum Gasteiger partial charge on any atom is 0.0897 e. The van der Waals surface area contributed by atoms with E-state index in [9.17, 15) is 0 Å². The Balaban J connectivity index is 1.83. The number of aromatic nitrogens is 1. The Hall–Kier alpha value is -0.0600. The van der Waals surface area contributed by atoms with E-state index in [0.29, 0.717) is 6.04 Å². The van der Waals surface area contributed by atoms with Crippen molar-refractivity contribution in [1.29, 1.82) is 0 Å². The Labute approximate surface area is 113 Å². The zero-order chi connectivity index (χ0) is 12.1. The molecule has 96 valence electrons. The van der Waals surface area contributed by atoms with Crippen LogP contribution in [0.15, 0.2) is 5.38 Å². The predicted octanol–water partition coefficient (Wildman–Crippen LogP) is 3.12. The average molecular weight is 270 g/mol. The fourth-order valence-corrected chi connectivity index (χ4v) is 4.27. The summed E-state index contributed by atoms with van der Waals surface area (Å²) in [6.07, 6.45) is 5.20. The van der Waals surface area contributed by atoms with Crippen molar-refractivity contribution in [3.8, 4) is 0 Å². The summed E-state index contributed by atoms with van der Waals surface area (Å²) in [6, 6.07) is 0.601. The monoisotopic (exact) mass is 270 g/mol. The quantitative estimate of drug-likeness (QED) is 0.890. The van der Waals surface area contributed by atoms with Gasteiger partial charge in [-0.2, -0.15) is 11.8 Å². The number of nitrogens with zero attached hydrogens (tertiary/aromatic N) is 1. The van der Waals surface area contributed by atoms with E-state index in [1.807, 2.05) is 0 Å². The van der Waals surface area contributed by atoms with Gasteiger partial charge >= 0.3 is 0 Å². The fourth-order valence-electron chi connectivity index (χ4n) is 2.44. The molecule has 2 nitrogen and oxygen atoms in total. The molecule has 0 aliphatic carbocycles. The molecule has 17 heavy (non-hydrogen) atoms. The fraction of sp³-hybridized carbons (Fsp3) is 0.769. The Bertz CT molecular complexity index is 332. The normalized spacial score (nSPS) is 19.4. The number of hydrogen-bond acceptors (Lipinski definition) is 4. The van der Waals surface area contributed by atoms with Crippen LogP contribution in [0.1, 0.15) is 30.0 Å². The summed E-state index contributed by atoms with van der Waals surface area (Å²) >= 11 is 3.87. The van der Waals surface area contributed by atoms with Crippen molar-refractivity contribution in [2.24, 2.45) is 5.92 Å². The molecule has 4 heteroatoms. The lowest BCUT2D eigenvalue weighted by Crippen LogP contribution is -2.31. The summed E-state index contributed by atoms with van der Waals surface area (Å²) in [5.41, 5.74) is 1.26. The van der Waals surface area contributed by atoms with Gasteiger partial charge in [0.2, 0.25) is 0 Å². The first-order valence-electron chi connectivity index (χ1n) is 6.44. The van der Waals surface area contributed by atoms with Gasteiger partial charge in [0.1, 0.15) is 0 Å². The van der Waals surface area contributed by atoms with Gasteiger partial charge in [-0.05, 0) is 50.7 Å². The maximum atomic E-state index is 4.57. The number of rotatable bonds is 5. The van der Waals surface area contributed by atoms with E-state index >= 15 is 0 Å². The second-order valence-corrected chi connectivity index (χ2v) is 7.13. The number of hydrogen-bond donors (Lipinski definition) is 1. The van der Waals surface area contributed by atoms with Crippen LogP contribution >= 0.6 is 23.1 Å². The third kappa shape index (κ3) is 4.27. The summed E-state index contributed by atoms with van der Waals surface area (Å²) in [5.74, 6) is 3.64. The number of likely N-dealkylation sites (N-methyl/N-ethyl adjacent to an activating group) is 1. The molecule has 1 atom stereocenters.